The van der Waals surface area contributed by atoms with Gasteiger partial charge in [-0.15, -0.1) is 0 Å². The van der Waals surface area contributed by atoms with Crippen molar-refractivity contribution in [1.82, 2.24) is 4.90 Å². The largest absolute Gasteiger partial charge is 0.388 e. The van der Waals surface area contributed by atoms with Crippen LogP contribution in [0.5, 0.6) is 0 Å². The quantitative estimate of drug-likeness (QED) is 0.876. The molecule has 0 amide bonds. The third-order valence-corrected chi connectivity index (χ3v) is 4.13. The van der Waals surface area contributed by atoms with Crippen molar-refractivity contribution in [3.63, 3.8) is 0 Å². The van der Waals surface area contributed by atoms with Crippen LogP contribution in [0.3, 0.4) is 0 Å². The lowest BCUT2D eigenvalue weighted by Crippen LogP contribution is -2.22. The predicted molar refractivity (Wildman–Crippen MR) is 78.0 cm³/mol. The maximum atomic E-state index is 3.22. The number of anilines is 1. The average Bonchev–Trinajstić information content (AvgIpc) is 2.91. The van der Waals surface area contributed by atoms with Crippen molar-refractivity contribution < 1.29 is 0 Å². The molecule has 3 rings (SSSR count). The lowest BCUT2D eigenvalue weighted by Gasteiger charge is -2.22. The maximum Gasteiger partial charge on any atom is 0.0340 e. The molecule has 0 atom stereocenters. The number of benzene rings is 1. The van der Waals surface area contributed by atoms with E-state index in [0.717, 1.165) is 0 Å². The van der Waals surface area contributed by atoms with E-state index in [0.29, 0.717) is 0 Å². The summed E-state index contributed by atoms with van der Waals surface area (Å²) in [6.07, 6.45) is 7.61. The van der Waals surface area contributed by atoms with Gasteiger partial charge in [-0.25, -0.2) is 0 Å². The Bertz CT molecular complexity index is 456. The van der Waals surface area contributed by atoms with Crippen molar-refractivity contribution in [1.29, 1.82) is 0 Å². The number of rotatable bonds is 3. The Morgan fingerprint density at radius 1 is 1.17 bits per heavy atom. The van der Waals surface area contributed by atoms with Gasteiger partial charge in [0.2, 0.25) is 0 Å². The molecule has 1 aliphatic carbocycles. The molecule has 0 bridgehead atoms. The maximum absolute atomic E-state index is 3.22. The van der Waals surface area contributed by atoms with Gasteiger partial charge in [0.15, 0.2) is 0 Å². The van der Waals surface area contributed by atoms with Crippen LogP contribution in [0.4, 0.5) is 5.69 Å². The van der Waals surface area contributed by atoms with Crippen molar-refractivity contribution in [3.8, 4) is 0 Å². The van der Waals surface area contributed by atoms with Gasteiger partial charge < -0.3 is 5.32 Å². The van der Waals surface area contributed by atoms with E-state index in [9.17, 15) is 0 Å². The van der Waals surface area contributed by atoms with Crippen LogP contribution in [-0.2, 0) is 6.42 Å². The molecule has 1 aromatic carbocycles. The summed E-state index contributed by atoms with van der Waals surface area (Å²) < 4.78 is 0. The first-order valence-corrected chi connectivity index (χ1v) is 7.07. The molecule has 1 fully saturated rings. The first-order valence-electron chi connectivity index (χ1n) is 7.07. The Labute approximate surface area is 110 Å². The van der Waals surface area contributed by atoms with Gasteiger partial charge >= 0.3 is 0 Å². The van der Waals surface area contributed by atoms with Gasteiger partial charge in [0, 0.05) is 19.3 Å². The van der Waals surface area contributed by atoms with E-state index >= 15 is 0 Å². The molecule has 1 saturated heterocycles. The van der Waals surface area contributed by atoms with Crippen molar-refractivity contribution >= 4 is 11.8 Å². The van der Waals surface area contributed by atoms with E-state index in [1.807, 2.05) is 7.05 Å². The molecule has 0 saturated carbocycles. The van der Waals surface area contributed by atoms with Crippen LogP contribution in [-0.4, -0.2) is 31.6 Å². The van der Waals surface area contributed by atoms with E-state index in [1.54, 1.807) is 5.57 Å². The summed E-state index contributed by atoms with van der Waals surface area (Å²) in [5.74, 6) is 0. The van der Waals surface area contributed by atoms with Crippen LogP contribution in [0.2, 0.25) is 0 Å². The van der Waals surface area contributed by atoms with E-state index in [2.05, 4.69) is 34.5 Å². The van der Waals surface area contributed by atoms with Crippen LogP contribution in [0.25, 0.3) is 6.08 Å². The zero-order valence-corrected chi connectivity index (χ0v) is 11.2. The van der Waals surface area contributed by atoms with Gasteiger partial charge in [0.25, 0.3) is 0 Å². The SMILES string of the molecule is CNc1ccc2c(c1)CCC(CN1CCCC1)=C2. The minimum absolute atomic E-state index is 1.19. The number of likely N-dealkylation sites (tertiary alicyclic amines) is 1. The van der Waals surface area contributed by atoms with Crippen molar-refractivity contribution in [3.05, 3.63) is 34.9 Å². The molecule has 96 valence electrons. The van der Waals surface area contributed by atoms with Gasteiger partial charge in [-0.05, 0) is 62.0 Å². The Hall–Kier alpha value is -1.28. The average molecular weight is 242 g/mol. The minimum Gasteiger partial charge on any atom is -0.388 e. The number of nitrogens with one attached hydrogen (secondary N) is 1. The second-order valence-electron chi connectivity index (χ2n) is 5.45. The Morgan fingerprint density at radius 2 is 2.00 bits per heavy atom. The fourth-order valence-electron chi connectivity index (χ4n) is 3.06. The lowest BCUT2D eigenvalue weighted by molar-refractivity contribution is 0.365. The second-order valence-corrected chi connectivity index (χ2v) is 5.45. The molecule has 0 aromatic heterocycles. The highest BCUT2D eigenvalue weighted by Crippen LogP contribution is 2.27. The number of nitrogens with zero attached hydrogens (tertiary/aromatic N) is 1. The summed E-state index contributed by atoms with van der Waals surface area (Å²) in [7, 11) is 1.99. The summed E-state index contributed by atoms with van der Waals surface area (Å²) in [6.45, 7) is 3.78. The fraction of sp³-hybridized carbons (Fsp3) is 0.500. The molecule has 2 nitrogen and oxygen atoms in total. The highest BCUT2D eigenvalue weighted by Gasteiger charge is 2.16. The molecule has 1 aliphatic heterocycles. The number of aryl methyl sites for hydroxylation is 1. The molecular formula is C16H22N2. The Morgan fingerprint density at radius 3 is 2.78 bits per heavy atom. The molecule has 0 unspecified atom stereocenters. The Kier molecular flexibility index (Phi) is 3.37. The summed E-state index contributed by atoms with van der Waals surface area (Å²) in [6, 6.07) is 6.72. The van der Waals surface area contributed by atoms with E-state index in [-0.39, 0.29) is 0 Å². The molecule has 18 heavy (non-hydrogen) atoms. The lowest BCUT2D eigenvalue weighted by atomic mass is 9.91. The van der Waals surface area contributed by atoms with E-state index < -0.39 is 0 Å². The van der Waals surface area contributed by atoms with Crippen molar-refractivity contribution in [2.75, 3.05) is 32.0 Å². The number of fused-ring (bicyclic) bond motifs is 1. The van der Waals surface area contributed by atoms with Gasteiger partial charge in [0.1, 0.15) is 0 Å². The first-order chi connectivity index (χ1) is 8.85. The normalized spacial score (nSPS) is 19.5. The third kappa shape index (κ3) is 2.44. The molecule has 1 heterocycles. The zero-order valence-electron chi connectivity index (χ0n) is 11.2. The molecule has 0 radical (unpaired) electrons. The molecule has 1 N–H and O–H groups in total. The second kappa shape index (κ2) is 5.15. The summed E-state index contributed by atoms with van der Waals surface area (Å²) in [4.78, 5) is 2.60. The number of hydrogen-bond acceptors (Lipinski definition) is 2. The molecule has 0 spiro atoms. The van der Waals surface area contributed by atoms with Crippen LogP contribution >= 0.6 is 0 Å². The predicted octanol–water partition coefficient (Wildman–Crippen LogP) is 3.15. The molecule has 1 aromatic rings. The zero-order chi connectivity index (χ0) is 12.4. The van der Waals surface area contributed by atoms with Crippen LogP contribution in [0.1, 0.15) is 30.4 Å². The van der Waals surface area contributed by atoms with Gasteiger partial charge in [-0.1, -0.05) is 17.7 Å². The fourth-order valence-corrected chi connectivity index (χ4v) is 3.06. The van der Waals surface area contributed by atoms with Gasteiger partial charge in [-0.2, -0.15) is 0 Å². The molecular weight excluding hydrogens is 220 g/mol. The third-order valence-electron chi connectivity index (χ3n) is 4.13. The summed E-state index contributed by atoms with van der Waals surface area (Å²) in [5, 5.41) is 3.22. The standard InChI is InChI=1S/C16H22N2/c1-17-16-7-6-14-10-13(4-5-15(14)11-16)12-18-8-2-3-9-18/h6-7,10-11,17H,2-5,8-9,12H2,1H3. The minimum atomic E-state index is 1.19. The van der Waals surface area contributed by atoms with Crippen LogP contribution in [0, 0.1) is 0 Å². The van der Waals surface area contributed by atoms with Crippen molar-refractivity contribution in [2.45, 2.75) is 25.7 Å². The molecule has 2 aliphatic rings. The highest BCUT2D eigenvalue weighted by molar-refractivity contribution is 5.63. The first kappa shape index (κ1) is 11.8. The van der Waals surface area contributed by atoms with Gasteiger partial charge in [0.05, 0.1) is 0 Å². The smallest absolute Gasteiger partial charge is 0.0340 e. The summed E-state index contributed by atoms with van der Waals surface area (Å²) in [5.41, 5.74) is 5.76. The van der Waals surface area contributed by atoms with Crippen molar-refractivity contribution in [2.24, 2.45) is 0 Å². The topological polar surface area (TPSA) is 15.3 Å². The monoisotopic (exact) mass is 242 g/mol. The van der Waals surface area contributed by atoms with Crippen LogP contribution in [0.15, 0.2) is 23.8 Å². The molecule has 2 heteroatoms. The van der Waals surface area contributed by atoms with E-state index in [1.165, 1.54) is 62.1 Å². The Balaban J connectivity index is 1.76. The highest BCUT2D eigenvalue weighted by atomic mass is 15.1. The van der Waals surface area contributed by atoms with E-state index in [4.69, 9.17) is 0 Å². The number of hydrogen-bond donors (Lipinski definition) is 1. The van der Waals surface area contributed by atoms with Crippen LogP contribution < -0.4 is 5.32 Å². The summed E-state index contributed by atoms with van der Waals surface area (Å²) >= 11 is 0. The van der Waals surface area contributed by atoms with Gasteiger partial charge in [-0.3, -0.25) is 4.90 Å².